The van der Waals surface area contributed by atoms with Gasteiger partial charge in [-0.1, -0.05) is 18.2 Å². The predicted octanol–water partition coefficient (Wildman–Crippen LogP) is 4.21. The van der Waals surface area contributed by atoms with Crippen molar-refractivity contribution in [3.8, 4) is 28.4 Å². The van der Waals surface area contributed by atoms with Crippen molar-refractivity contribution in [2.75, 3.05) is 43.7 Å². The molecule has 190 valence electrons. The van der Waals surface area contributed by atoms with Crippen LogP contribution in [0, 0.1) is 0 Å². The fourth-order valence-corrected chi connectivity index (χ4v) is 5.69. The largest absolute Gasteiger partial charge is 0.491 e. The lowest BCUT2D eigenvalue weighted by atomic mass is 9.74. The standard InChI is InChI=1S/C30H26N4O4/c1-33(2)27-10-9-19(16-32-27)21-7-5-8-23-28(21)30(29(35)34(23)17-20-6-3-4-11-31-20)18-38-24-15-26-25(14-22(24)30)36-12-13-37-26/h3-11,14-16H,12-13,17-18H2,1-2H3. The second-order valence-electron chi connectivity index (χ2n) is 9.90. The van der Waals surface area contributed by atoms with Crippen LogP contribution in [0.25, 0.3) is 11.1 Å². The van der Waals surface area contributed by atoms with Crippen LogP contribution in [-0.4, -0.2) is 49.8 Å². The summed E-state index contributed by atoms with van der Waals surface area (Å²) < 4.78 is 18.0. The van der Waals surface area contributed by atoms with E-state index < -0.39 is 5.41 Å². The zero-order valence-electron chi connectivity index (χ0n) is 21.2. The van der Waals surface area contributed by atoms with Crippen molar-refractivity contribution in [2.45, 2.75) is 12.0 Å². The average molecular weight is 507 g/mol. The predicted molar refractivity (Wildman–Crippen MR) is 143 cm³/mol. The normalized spacial score (nSPS) is 18.8. The van der Waals surface area contributed by atoms with Gasteiger partial charge in [0.1, 0.15) is 36.8 Å². The number of hydrogen-bond donors (Lipinski definition) is 0. The summed E-state index contributed by atoms with van der Waals surface area (Å²) in [7, 11) is 3.93. The molecule has 1 spiro atoms. The maximum absolute atomic E-state index is 14.6. The van der Waals surface area contributed by atoms with Crippen LogP contribution in [0.4, 0.5) is 11.5 Å². The van der Waals surface area contributed by atoms with Gasteiger partial charge in [0, 0.05) is 54.9 Å². The van der Waals surface area contributed by atoms with Gasteiger partial charge in [0.15, 0.2) is 11.5 Å². The molecule has 8 nitrogen and oxygen atoms in total. The molecule has 0 radical (unpaired) electrons. The molecule has 4 aromatic rings. The number of amides is 1. The van der Waals surface area contributed by atoms with Gasteiger partial charge >= 0.3 is 0 Å². The summed E-state index contributed by atoms with van der Waals surface area (Å²) in [5.41, 5.74) is 4.21. The second-order valence-corrected chi connectivity index (χ2v) is 9.90. The number of pyridine rings is 2. The van der Waals surface area contributed by atoms with E-state index in [1.807, 2.05) is 78.6 Å². The van der Waals surface area contributed by atoms with E-state index in [4.69, 9.17) is 14.2 Å². The van der Waals surface area contributed by atoms with Crippen molar-refractivity contribution in [3.63, 3.8) is 0 Å². The number of carbonyl (C=O) groups excluding carboxylic acids is 1. The summed E-state index contributed by atoms with van der Waals surface area (Å²) in [6, 6.07) is 19.6. The molecule has 38 heavy (non-hydrogen) atoms. The van der Waals surface area contributed by atoms with Crippen LogP contribution < -0.4 is 24.0 Å². The third kappa shape index (κ3) is 3.26. The number of aromatic nitrogens is 2. The monoisotopic (exact) mass is 506 g/mol. The zero-order chi connectivity index (χ0) is 25.9. The fourth-order valence-electron chi connectivity index (χ4n) is 5.69. The van der Waals surface area contributed by atoms with Crippen LogP contribution in [0.15, 0.2) is 73.1 Å². The first-order valence-electron chi connectivity index (χ1n) is 12.6. The van der Waals surface area contributed by atoms with Crippen molar-refractivity contribution in [3.05, 3.63) is 89.9 Å². The summed E-state index contributed by atoms with van der Waals surface area (Å²) in [6.45, 7) is 1.49. The molecule has 2 aromatic heterocycles. The quantitative estimate of drug-likeness (QED) is 0.411. The van der Waals surface area contributed by atoms with E-state index in [1.54, 1.807) is 6.20 Å². The van der Waals surface area contributed by atoms with Gasteiger partial charge in [-0.25, -0.2) is 4.98 Å². The highest BCUT2D eigenvalue weighted by Crippen LogP contribution is 2.57. The van der Waals surface area contributed by atoms with Crippen LogP contribution in [0.2, 0.25) is 0 Å². The SMILES string of the molecule is CN(C)c1ccc(-c2cccc3c2C2(COc4cc5c(cc42)OCCO5)C(=O)N3Cc2ccccn2)cn1. The summed E-state index contributed by atoms with van der Waals surface area (Å²) in [5, 5.41) is 0. The molecular weight excluding hydrogens is 480 g/mol. The molecule has 8 heteroatoms. The van der Waals surface area contributed by atoms with Crippen molar-refractivity contribution >= 4 is 17.4 Å². The molecule has 0 saturated carbocycles. The minimum absolute atomic E-state index is 0.0427. The van der Waals surface area contributed by atoms with Gasteiger partial charge in [0.2, 0.25) is 5.91 Å². The molecule has 2 aromatic carbocycles. The molecule has 3 aliphatic rings. The number of ether oxygens (including phenoxy) is 3. The minimum Gasteiger partial charge on any atom is -0.491 e. The molecule has 0 saturated heterocycles. The van der Waals surface area contributed by atoms with Gasteiger partial charge in [0.25, 0.3) is 0 Å². The third-order valence-corrected chi connectivity index (χ3v) is 7.48. The van der Waals surface area contributed by atoms with Crippen molar-refractivity contribution in [1.82, 2.24) is 9.97 Å². The van der Waals surface area contributed by atoms with Crippen molar-refractivity contribution in [2.24, 2.45) is 0 Å². The summed E-state index contributed by atoms with van der Waals surface area (Å²) >= 11 is 0. The van der Waals surface area contributed by atoms with E-state index in [9.17, 15) is 4.79 Å². The average Bonchev–Trinajstić information content (AvgIpc) is 3.44. The van der Waals surface area contributed by atoms with Gasteiger partial charge < -0.3 is 24.0 Å². The van der Waals surface area contributed by atoms with E-state index in [-0.39, 0.29) is 12.5 Å². The number of fused-ring (bicyclic) bond motifs is 5. The molecule has 1 unspecified atom stereocenters. The van der Waals surface area contributed by atoms with Crippen LogP contribution in [0.3, 0.4) is 0 Å². The number of rotatable bonds is 4. The van der Waals surface area contributed by atoms with E-state index in [0.717, 1.165) is 39.5 Å². The molecule has 1 amide bonds. The Morgan fingerprint density at radius 3 is 2.50 bits per heavy atom. The summed E-state index contributed by atoms with van der Waals surface area (Å²) in [5.74, 6) is 2.73. The first kappa shape index (κ1) is 22.6. The summed E-state index contributed by atoms with van der Waals surface area (Å²) in [6.07, 6.45) is 3.61. The molecule has 5 heterocycles. The number of hydrogen-bond acceptors (Lipinski definition) is 7. The molecule has 0 N–H and O–H groups in total. The first-order chi connectivity index (χ1) is 18.6. The van der Waals surface area contributed by atoms with Crippen LogP contribution in [0.1, 0.15) is 16.8 Å². The maximum atomic E-state index is 14.6. The Balaban J connectivity index is 1.45. The maximum Gasteiger partial charge on any atom is 0.246 e. The molecule has 0 aliphatic carbocycles. The lowest BCUT2D eigenvalue weighted by Crippen LogP contribution is -2.42. The Kier molecular flexibility index (Phi) is 5.04. The Morgan fingerprint density at radius 2 is 1.76 bits per heavy atom. The first-order valence-corrected chi connectivity index (χ1v) is 12.6. The van der Waals surface area contributed by atoms with Crippen molar-refractivity contribution in [1.29, 1.82) is 0 Å². The number of nitrogens with zero attached hydrogens (tertiary/aromatic N) is 4. The van der Waals surface area contributed by atoms with E-state index in [2.05, 4.69) is 22.1 Å². The second kappa shape index (κ2) is 8.48. The van der Waals surface area contributed by atoms with Crippen LogP contribution in [-0.2, 0) is 16.8 Å². The lowest BCUT2D eigenvalue weighted by molar-refractivity contribution is -0.122. The van der Waals surface area contributed by atoms with E-state index >= 15 is 0 Å². The third-order valence-electron chi connectivity index (χ3n) is 7.48. The van der Waals surface area contributed by atoms with Gasteiger partial charge in [-0.2, -0.15) is 0 Å². The van der Waals surface area contributed by atoms with Gasteiger partial charge in [-0.3, -0.25) is 9.78 Å². The van der Waals surface area contributed by atoms with Gasteiger partial charge in [-0.05, 0) is 42.0 Å². The molecule has 0 bridgehead atoms. The van der Waals surface area contributed by atoms with Gasteiger partial charge in [-0.15, -0.1) is 0 Å². The molecule has 0 fully saturated rings. The summed E-state index contributed by atoms with van der Waals surface area (Å²) in [4.78, 5) is 27.5. The van der Waals surface area contributed by atoms with Crippen LogP contribution in [0.5, 0.6) is 17.2 Å². The molecule has 3 aliphatic heterocycles. The van der Waals surface area contributed by atoms with Crippen molar-refractivity contribution < 1.29 is 19.0 Å². The number of anilines is 2. The highest BCUT2D eigenvalue weighted by molar-refractivity contribution is 6.13. The number of carbonyl (C=O) groups is 1. The molecular formula is C30H26N4O4. The van der Waals surface area contributed by atoms with E-state index in [1.165, 1.54) is 0 Å². The topological polar surface area (TPSA) is 77.0 Å². The highest BCUT2D eigenvalue weighted by Gasteiger charge is 2.58. The Hall–Kier alpha value is -4.59. The smallest absolute Gasteiger partial charge is 0.246 e. The van der Waals surface area contributed by atoms with E-state index in [0.29, 0.717) is 37.0 Å². The Bertz CT molecular complexity index is 1560. The highest BCUT2D eigenvalue weighted by atomic mass is 16.6. The fraction of sp³-hybridized carbons (Fsp3) is 0.233. The van der Waals surface area contributed by atoms with Gasteiger partial charge in [0.05, 0.1) is 12.2 Å². The minimum atomic E-state index is -1.04. The van der Waals surface area contributed by atoms with Crippen LogP contribution >= 0.6 is 0 Å². The number of benzene rings is 2. The Morgan fingerprint density at radius 1 is 0.921 bits per heavy atom. The zero-order valence-corrected chi connectivity index (χ0v) is 21.2. The Labute approximate surface area is 220 Å². The molecule has 7 rings (SSSR count). The molecule has 1 atom stereocenters. The lowest BCUT2D eigenvalue weighted by Gasteiger charge is -2.25.